The van der Waals surface area contributed by atoms with E-state index in [1.807, 2.05) is 0 Å². The minimum absolute atomic E-state index is 0.135. The highest BCUT2D eigenvalue weighted by Gasteiger charge is 2.34. The van der Waals surface area contributed by atoms with Crippen LogP contribution in [-0.2, 0) is 14.6 Å². The first-order valence-corrected chi connectivity index (χ1v) is 7.89. The van der Waals surface area contributed by atoms with Gasteiger partial charge in [0.2, 0.25) is 5.91 Å². The Morgan fingerprint density at radius 2 is 1.69 bits per heavy atom. The van der Waals surface area contributed by atoms with Crippen LogP contribution in [0.4, 0.5) is 0 Å². The van der Waals surface area contributed by atoms with E-state index < -0.39 is 9.84 Å². The molecule has 16 heavy (non-hydrogen) atoms. The maximum absolute atomic E-state index is 11.5. The third-order valence-electron chi connectivity index (χ3n) is 3.60. The third kappa shape index (κ3) is 2.97. The summed E-state index contributed by atoms with van der Waals surface area (Å²) in [5.74, 6) is -0.137. The van der Waals surface area contributed by atoms with Crippen molar-refractivity contribution in [3.8, 4) is 0 Å². The van der Waals surface area contributed by atoms with Gasteiger partial charge in [-0.3, -0.25) is 4.79 Å². The van der Waals surface area contributed by atoms with Crippen molar-refractivity contribution in [2.75, 3.05) is 11.5 Å². The molecular formula is C11H19NO3S. The molecular weight excluding hydrogens is 226 g/mol. The molecule has 1 aliphatic heterocycles. The van der Waals surface area contributed by atoms with Crippen molar-refractivity contribution in [2.24, 2.45) is 5.92 Å². The van der Waals surface area contributed by atoms with Gasteiger partial charge in [0.1, 0.15) is 5.75 Å². The molecule has 2 fully saturated rings. The second-order valence-corrected chi connectivity index (χ2v) is 7.09. The van der Waals surface area contributed by atoms with E-state index in [0.29, 0.717) is 5.92 Å². The number of sulfone groups is 1. The van der Waals surface area contributed by atoms with Gasteiger partial charge in [0.25, 0.3) is 0 Å². The van der Waals surface area contributed by atoms with Gasteiger partial charge in [0.05, 0.1) is 5.75 Å². The van der Waals surface area contributed by atoms with Crippen LogP contribution >= 0.6 is 0 Å². The summed E-state index contributed by atoms with van der Waals surface area (Å²) in [7, 11) is -3.15. The molecule has 1 atom stereocenters. The van der Waals surface area contributed by atoms with Gasteiger partial charge in [-0.1, -0.05) is 25.7 Å². The maximum atomic E-state index is 11.5. The molecule has 92 valence electrons. The number of rotatable bonds is 1. The summed E-state index contributed by atoms with van der Waals surface area (Å²) in [6, 6.07) is -0.135. The zero-order chi connectivity index (χ0) is 11.6. The second kappa shape index (κ2) is 4.73. The van der Waals surface area contributed by atoms with Crippen LogP contribution in [-0.4, -0.2) is 31.9 Å². The second-order valence-electron chi connectivity index (χ2n) is 4.98. The van der Waals surface area contributed by atoms with Gasteiger partial charge in [-0.15, -0.1) is 0 Å². The van der Waals surface area contributed by atoms with Crippen molar-refractivity contribution >= 4 is 15.7 Å². The number of carbonyl (C=O) groups excluding carboxylic acids is 1. The Kier molecular flexibility index (Phi) is 3.52. The van der Waals surface area contributed by atoms with Crippen LogP contribution in [0.15, 0.2) is 0 Å². The highest BCUT2D eigenvalue weighted by atomic mass is 32.2. The molecule has 0 spiro atoms. The standard InChI is InChI=1S/C11H19NO3S/c13-11-8-16(14,15)7-10(12-11)9-5-3-1-2-4-6-9/h9-10H,1-8H2,(H,12,13). The molecule has 1 saturated carbocycles. The Hall–Kier alpha value is -0.580. The molecule has 5 heteroatoms. The molecule has 1 aliphatic carbocycles. The van der Waals surface area contributed by atoms with E-state index in [-0.39, 0.29) is 23.5 Å². The van der Waals surface area contributed by atoms with Gasteiger partial charge in [0.15, 0.2) is 9.84 Å². The summed E-state index contributed by atoms with van der Waals surface area (Å²) in [6.45, 7) is 0. The van der Waals surface area contributed by atoms with Gasteiger partial charge in [-0.2, -0.15) is 0 Å². The normalized spacial score (nSPS) is 31.8. The molecule has 1 amide bonds. The van der Waals surface area contributed by atoms with Crippen LogP contribution in [0.1, 0.15) is 38.5 Å². The summed E-state index contributed by atoms with van der Waals surface area (Å²) >= 11 is 0. The first kappa shape index (κ1) is 11.9. The van der Waals surface area contributed by atoms with E-state index in [1.165, 1.54) is 12.8 Å². The Morgan fingerprint density at radius 3 is 2.25 bits per heavy atom. The fourth-order valence-electron chi connectivity index (χ4n) is 2.79. The lowest BCUT2D eigenvalue weighted by molar-refractivity contribution is -0.119. The van der Waals surface area contributed by atoms with E-state index in [9.17, 15) is 13.2 Å². The van der Waals surface area contributed by atoms with Gasteiger partial charge in [-0.25, -0.2) is 8.42 Å². The van der Waals surface area contributed by atoms with Crippen LogP contribution in [0.25, 0.3) is 0 Å². The Balaban J connectivity index is 2.04. The van der Waals surface area contributed by atoms with Crippen molar-refractivity contribution in [3.63, 3.8) is 0 Å². The highest BCUT2D eigenvalue weighted by molar-refractivity contribution is 7.92. The molecule has 0 bridgehead atoms. The van der Waals surface area contributed by atoms with Crippen LogP contribution in [0.5, 0.6) is 0 Å². The van der Waals surface area contributed by atoms with E-state index in [2.05, 4.69) is 5.32 Å². The molecule has 2 rings (SSSR count). The summed E-state index contributed by atoms with van der Waals surface area (Å²) in [5.41, 5.74) is 0. The lowest BCUT2D eigenvalue weighted by Crippen LogP contribution is -2.52. The maximum Gasteiger partial charge on any atom is 0.235 e. The summed E-state index contributed by atoms with van der Waals surface area (Å²) in [6.07, 6.45) is 6.92. The number of hydrogen-bond acceptors (Lipinski definition) is 3. The molecule has 0 aromatic rings. The van der Waals surface area contributed by atoms with Gasteiger partial charge in [0, 0.05) is 6.04 Å². The quantitative estimate of drug-likeness (QED) is 0.697. The van der Waals surface area contributed by atoms with E-state index >= 15 is 0 Å². The van der Waals surface area contributed by atoms with Crippen LogP contribution in [0.2, 0.25) is 0 Å². The molecule has 0 radical (unpaired) electrons. The summed E-state index contributed by atoms with van der Waals surface area (Å²) in [4.78, 5) is 11.3. The average Bonchev–Trinajstić information content (AvgIpc) is 2.42. The Labute approximate surface area is 96.7 Å². The van der Waals surface area contributed by atoms with E-state index in [1.54, 1.807) is 0 Å². The Morgan fingerprint density at radius 1 is 1.06 bits per heavy atom. The third-order valence-corrected chi connectivity index (χ3v) is 5.17. The SMILES string of the molecule is O=C1CS(=O)(=O)CC(C2CCCCCC2)N1. The minimum atomic E-state index is -3.15. The smallest absolute Gasteiger partial charge is 0.235 e. The molecule has 0 aromatic heterocycles. The topological polar surface area (TPSA) is 63.2 Å². The molecule has 1 saturated heterocycles. The zero-order valence-corrected chi connectivity index (χ0v) is 10.3. The predicted molar refractivity (Wildman–Crippen MR) is 61.8 cm³/mol. The summed E-state index contributed by atoms with van der Waals surface area (Å²) < 4.78 is 23.1. The Bertz CT molecular complexity index is 355. The molecule has 1 unspecified atom stereocenters. The fourth-order valence-corrected chi connectivity index (χ4v) is 4.29. The van der Waals surface area contributed by atoms with Crippen LogP contribution in [0.3, 0.4) is 0 Å². The van der Waals surface area contributed by atoms with Crippen molar-refractivity contribution in [2.45, 2.75) is 44.6 Å². The molecule has 0 aromatic carbocycles. The van der Waals surface area contributed by atoms with Gasteiger partial charge in [-0.05, 0) is 18.8 Å². The molecule has 1 heterocycles. The highest BCUT2D eigenvalue weighted by Crippen LogP contribution is 2.27. The summed E-state index contributed by atoms with van der Waals surface area (Å²) in [5, 5.41) is 2.85. The first-order valence-electron chi connectivity index (χ1n) is 6.07. The van der Waals surface area contributed by atoms with Crippen molar-refractivity contribution in [1.82, 2.24) is 5.32 Å². The molecule has 2 aliphatic rings. The predicted octanol–water partition coefficient (Wildman–Crippen LogP) is 0.870. The lowest BCUT2D eigenvalue weighted by Gasteiger charge is -2.30. The van der Waals surface area contributed by atoms with Crippen molar-refractivity contribution in [1.29, 1.82) is 0 Å². The number of nitrogens with one attached hydrogen (secondary N) is 1. The molecule has 1 N–H and O–H groups in total. The van der Waals surface area contributed by atoms with Gasteiger partial charge < -0.3 is 5.32 Å². The van der Waals surface area contributed by atoms with E-state index in [0.717, 1.165) is 25.7 Å². The van der Waals surface area contributed by atoms with Crippen LogP contribution < -0.4 is 5.32 Å². The molecule has 4 nitrogen and oxygen atoms in total. The average molecular weight is 245 g/mol. The minimum Gasteiger partial charge on any atom is -0.351 e. The first-order chi connectivity index (χ1) is 7.57. The van der Waals surface area contributed by atoms with Crippen molar-refractivity contribution in [3.05, 3.63) is 0 Å². The number of carbonyl (C=O) groups is 1. The number of hydrogen-bond donors (Lipinski definition) is 1. The van der Waals surface area contributed by atoms with Gasteiger partial charge >= 0.3 is 0 Å². The lowest BCUT2D eigenvalue weighted by atomic mass is 9.93. The number of amides is 1. The largest absolute Gasteiger partial charge is 0.351 e. The fraction of sp³-hybridized carbons (Fsp3) is 0.909. The zero-order valence-electron chi connectivity index (χ0n) is 9.44. The van der Waals surface area contributed by atoms with Crippen molar-refractivity contribution < 1.29 is 13.2 Å². The van der Waals surface area contributed by atoms with E-state index in [4.69, 9.17) is 0 Å². The van der Waals surface area contributed by atoms with Crippen LogP contribution in [0, 0.1) is 5.92 Å². The monoisotopic (exact) mass is 245 g/mol.